The van der Waals surface area contributed by atoms with E-state index >= 15 is 0 Å². The van der Waals surface area contributed by atoms with E-state index in [1.807, 2.05) is 24.4 Å². The Balaban J connectivity index is 1.77. The largest absolute Gasteiger partial charge is 0.468 e. The predicted molar refractivity (Wildman–Crippen MR) is 78.3 cm³/mol. The van der Waals surface area contributed by atoms with Gasteiger partial charge in [0.15, 0.2) is 0 Å². The molecule has 0 aliphatic rings. The SMILES string of the molecule is CC(NC(C)c1ccco1)c1cnc2ccsc2c1. The molecule has 0 spiro atoms. The Kier molecular flexibility index (Phi) is 3.36. The van der Waals surface area contributed by atoms with Crippen LogP contribution < -0.4 is 5.32 Å². The Morgan fingerprint density at radius 1 is 1.26 bits per heavy atom. The number of fused-ring (bicyclic) bond motifs is 1. The van der Waals surface area contributed by atoms with Gasteiger partial charge in [-0.2, -0.15) is 0 Å². The van der Waals surface area contributed by atoms with Crippen molar-refractivity contribution in [1.29, 1.82) is 0 Å². The van der Waals surface area contributed by atoms with Crippen molar-refractivity contribution in [3.05, 3.63) is 53.4 Å². The average Bonchev–Trinajstić information content (AvgIpc) is 3.09. The first-order chi connectivity index (χ1) is 9.24. The number of aromatic nitrogens is 1. The molecule has 3 aromatic rings. The van der Waals surface area contributed by atoms with Gasteiger partial charge in [0.05, 0.1) is 22.5 Å². The Labute approximate surface area is 116 Å². The Morgan fingerprint density at radius 3 is 2.95 bits per heavy atom. The number of hydrogen-bond acceptors (Lipinski definition) is 4. The zero-order valence-corrected chi connectivity index (χ0v) is 11.8. The third kappa shape index (κ3) is 2.55. The molecule has 0 fully saturated rings. The molecule has 4 heteroatoms. The quantitative estimate of drug-likeness (QED) is 0.769. The predicted octanol–water partition coefficient (Wildman–Crippen LogP) is 4.30. The lowest BCUT2D eigenvalue weighted by Crippen LogP contribution is -2.22. The van der Waals surface area contributed by atoms with Crippen LogP contribution in [0.5, 0.6) is 0 Å². The number of nitrogens with one attached hydrogen (secondary N) is 1. The monoisotopic (exact) mass is 272 g/mol. The second-order valence-electron chi connectivity index (χ2n) is 4.70. The number of pyridine rings is 1. The molecule has 3 aromatic heterocycles. The van der Waals surface area contributed by atoms with E-state index in [2.05, 4.69) is 35.6 Å². The van der Waals surface area contributed by atoms with Gasteiger partial charge in [-0.1, -0.05) is 0 Å². The summed E-state index contributed by atoms with van der Waals surface area (Å²) in [7, 11) is 0. The summed E-state index contributed by atoms with van der Waals surface area (Å²) in [6.45, 7) is 4.25. The Bertz CT molecular complexity index is 660. The molecular weight excluding hydrogens is 256 g/mol. The van der Waals surface area contributed by atoms with Crippen LogP contribution in [0.2, 0.25) is 0 Å². The van der Waals surface area contributed by atoms with Gasteiger partial charge in [-0.25, -0.2) is 0 Å². The van der Waals surface area contributed by atoms with E-state index in [4.69, 9.17) is 4.42 Å². The molecule has 0 radical (unpaired) electrons. The van der Waals surface area contributed by atoms with E-state index in [9.17, 15) is 0 Å². The number of rotatable bonds is 4. The lowest BCUT2D eigenvalue weighted by atomic mass is 10.1. The molecule has 2 unspecified atom stereocenters. The van der Waals surface area contributed by atoms with Gasteiger partial charge in [-0.3, -0.25) is 4.98 Å². The lowest BCUT2D eigenvalue weighted by molar-refractivity contribution is 0.403. The fourth-order valence-corrected chi connectivity index (χ4v) is 2.98. The van der Waals surface area contributed by atoms with E-state index < -0.39 is 0 Å². The summed E-state index contributed by atoms with van der Waals surface area (Å²) in [6.07, 6.45) is 3.65. The van der Waals surface area contributed by atoms with Gasteiger partial charge in [-0.05, 0) is 49.1 Å². The van der Waals surface area contributed by atoms with Crippen molar-refractivity contribution in [2.75, 3.05) is 0 Å². The number of furan rings is 1. The molecule has 2 atom stereocenters. The van der Waals surface area contributed by atoms with Crippen molar-refractivity contribution < 1.29 is 4.42 Å². The van der Waals surface area contributed by atoms with Crippen molar-refractivity contribution in [2.24, 2.45) is 0 Å². The van der Waals surface area contributed by atoms with Gasteiger partial charge in [0, 0.05) is 12.2 Å². The standard InChI is InChI=1S/C15H16N2OS/c1-10(17-11(2)14-4-3-6-18-14)12-8-15-13(16-9-12)5-7-19-15/h3-11,17H,1-2H3. The highest BCUT2D eigenvalue weighted by atomic mass is 32.1. The zero-order chi connectivity index (χ0) is 13.2. The second kappa shape index (κ2) is 5.15. The summed E-state index contributed by atoms with van der Waals surface area (Å²) in [4.78, 5) is 4.48. The van der Waals surface area contributed by atoms with Gasteiger partial charge in [-0.15, -0.1) is 11.3 Å². The van der Waals surface area contributed by atoms with E-state index in [0.29, 0.717) is 0 Å². The molecule has 3 nitrogen and oxygen atoms in total. The molecule has 0 aromatic carbocycles. The first kappa shape index (κ1) is 12.4. The molecule has 1 N–H and O–H groups in total. The molecular formula is C15H16N2OS. The third-order valence-corrected chi connectivity index (χ3v) is 4.15. The van der Waals surface area contributed by atoms with Crippen molar-refractivity contribution >= 4 is 21.6 Å². The molecule has 0 saturated heterocycles. The van der Waals surface area contributed by atoms with Crippen LogP contribution in [0.3, 0.4) is 0 Å². The molecule has 98 valence electrons. The maximum Gasteiger partial charge on any atom is 0.120 e. The molecule has 0 saturated carbocycles. The van der Waals surface area contributed by atoms with Crippen LogP contribution in [0.25, 0.3) is 10.2 Å². The van der Waals surface area contributed by atoms with Crippen molar-refractivity contribution in [1.82, 2.24) is 10.3 Å². The van der Waals surface area contributed by atoms with Crippen LogP contribution >= 0.6 is 11.3 Å². The summed E-state index contributed by atoms with van der Waals surface area (Å²) < 4.78 is 6.65. The van der Waals surface area contributed by atoms with Crippen molar-refractivity contribution in [3.63, 3.8) is 0 Å². The fourth-order valence-electron chi connectivity index (χ4n) is 2.19. The van der Waals surface area contributed by atoms with E-state index in [0.717, 1.165) is 11.3 Å². The maximum atomic E-state index is 5.41. The van der Waals surface area contributed by atoms with Gasteiger partial charge < -0.3 is 9.73 Å². The Morgan fingerprint density at radius 2 is 2.16 bits per heavy atom. The highest BCUT2D eigenvalue weighted by Crippen LogP contribution is 2.24. The summed E-state index contributed by atoms with van der Waals surface area (Å²) in [5.41, 5.74) is 2.27. The molecule has 0 amide bonds. The highest BCUT2D eigenvalue weighted by molar-refractivity contribution is 7.17. The van der Waals surface area contributed by atoms with E-state index in [1.165, 1.54) is 10.3 Å². The van der Waals surface area contributed by atoms with Gasteiger partial charge in [0.1, 0.15) is 5.76 Å². The average molecular weight is 272 g/mol. The lowest BCUT2D eigenvalue weighted by Gasteiger charge is -2.18. The topological polar surface area (TPSA) is 38.1 Å². The zero-order valence-electron chi connectivity index (χ0n) is 11.0. The molecule has 0 bridgehead atoms. The minimum Gasteiger partial charge on any atom is -0.468 e. The van der Waals surface area contributed by atoms with Gasteiger partial charge >= 0.3 is 0 Å². The smallest absolute Gasteiger partial charge is 0.120 e. The highest BCUT2D eigenvalue weighted by Gasteiger charge is 2.13. The van der Waals surface area contributed by atoms with Crippen LogP contribution in [0.4, 0.5) is 0 Å². The summed E-state index contributed by atoms with van der Waals surface area (Å²) in [6, 6.07) is 8.58. The first-order valence-electron chi connectivity index (χ1n) is 6.36. The Hall–Kier alpha value is -1.65. The number of hydrogen-bond donors (Lipinski definition) is 1. The second-order valence-corrected chi connectivity index (χ2v) is 5.65. The van der Waals surface area contributed by atoms with E-state index in [1.54, 1.807) is 17.6 Å². The van der Waals surface area contributed by atoms with Gasteiger partial charge in [0.2, 0.25) is 0 Å². The van der Waals surface area contributed by atoms with E-state index in [-0.39, 0.29) is 12.1 Å². The molecule has 0 aliphatic heterocycles. The number of thiophene rings is 1. The normalized spacial score (nSPS) is 14.6. The van der Waals surface area contributed by atoms with Crippen LogP contribution in [-0.4, -0.2) is 4.98 Å². The van der Waals surface area contributed by atoms with Crippen LogP contribution in [-0.2, 0) is 0 Å². The van der Waals surface area contributed by atoms with Crippen molar-refractivity contribution in [2.45, 2.75) is 25.9 Å². The minimum atomic E-state index is 0.184. The van der Waals surface area contributed by atoms with Crippen molar-refractivity contribution in [3.8, 4) is 0 Å². The summed E-state index contributed by atoms with van der Waals surface area (Å²) in [5, 5.41) is 5.60. The maximum absolute atomic E-state index is 5.41. The molecule has 0 aliphatic carbocycles. The molecule has 3 rings (SSSR count). The van der Waals surface area contributed by atoms with Crippen LogP contribution in [0.15, 0.2) is 46.5 Å². The molecule has 3 heterocycles. The fraction of sp³-hybridized carbons (Fsp3) is 0.267. The first-order valence-corrected chi connectivity index (χ1v) is 7.24. The minimum absolute atomic E-state index is 0.184. The van der Waals surface area contributed by atoms with Crippen LogP contribution in [0.1, 0.15) is 37.3 Å². The molecule has 19 heavy (non-hydrogen) atoms. The van der Waals surface area contributed by atoms with Gasteiger partial charge in [0.25, 0.3) is 0 Å². The summed E-state index contributed by atoms with van der Waals surface area (Å²) in [5.74, 6) is 0.956. The summed E-state index contributed by atoms with van der Waals surface area (Å²) >= 11 is 1.73. The number of nitrogens with zero attached hydrogens (tertiary/aromatic N) is 1. The van der Waals surface area contributed by atoms with Crippen LogP contribution in [0, 0.1) is 0 Å². The third-order valence-electron chi connectivity index (χ3n) is 3.29.